The predicted molar refractivity (Wildman–Crippen MR) is 112 cm³/mol. The van der Waals surface area contributed by atoms with Crippen molar-refractivity contribution in [2.75, 3.05) is 5.32 Å². The maximum Gasteiger partial charge on any atom is 0.255 e. The van der Waals surface area contributed by atoms with Gasteiger partial charge in [-0.3, -0.25) is 4.79 Å². The average molecular weight is 413 g/mol. The summed E-state index contributed by atoms with van der Waals surface area (Å²) in [5.41, 5.74) is 1.99. The Morgan fingerprint density at radius 1 is 1.14 bits per heavy atom. The molecule has 2 N–H and O–H groups in total. The van der Waals surface area contributed by atoms with E-state index < -0.39 is 10.0 Å². The minimum atomic E-state index is -3.66. The molecule has 0 saturated heterocycles. The van der Waals surface area contributed by atoms with Gasteiger partial charge in [-0.2, -0.15) is 0 Å². The van der Waals surface area contributed by atoms with Crippen molar-refractivity contribution in [2.24, 2.45) is 0 Å². The highest BCUT2D eigenvalue weighted by Gasteiger charge is 2.17. The van der Waals surface area contributed by atoms with Crippen LogP contribution in [0, 0.1) is 6.92 Å². The number of nitrogens with zero attached hydrogens (tertiary/aromatic N) is 2. The fourth-order valence-electron chi connectivity index (χ4n) is 2.85. The summed E-state index contributed by atoms with van der Waals surface area (Å²) in [6, 6.07) is 13.2. The Balaban J connectivity index is 1.70. The summed E-state index contributed by atoms with van der Waals surface area (Å²) in [6.07, 6.45) is 3.68. The van der Waals surface area contributed by atoms with Gasteiger partial charge < -0.3 is 9.88 Å². The number of benzene rings is 2. The first-order valence-corrected chi connectivity index (χ1v) is 10.7. The minimum Gasteiger partial charge on any atom is -0.331 e. The van der Waals surface area contributed by atoms with E-state index in [1.165, 1.54) is 12.1 Å². The van der Waals surface area contributed by atoms with E-state index in [1.807, 2.05) is 42.0 Å². The number of anilines is 1. The zero-order chi connectivity index (χ0) is 21.0. The lowest BCUT2D eigenvalue weighted by molar-refractivity contribution is 0.102. The second-order valence-corrected chi connectivity index (χ2v) is 8.77. The molecule has 0 fully saturated rings. The van der Waals surface area contributed by atoms with Crippen LogP contribution < -0.4 is 10.0 Å². The van der Waals surface area contributed by atoms with E-state index in [4.69, 9.17) is 0 Å². The lowest BCUT2D eigenvalue weighted by Crippen LogP contribution is -2.30. The van der Waals surface area contributed by atoms with E-state index in [-0.39, 0.29) is 22.4 Å². The molecule has 0 bridgehead atoms. The number of hydrogen-bond donors (Lipinski definition) is 2. The normalized spacial score (nSPS) is 11.6. The molecule has 1 aromatic heterocycles. The average Bonchev–Trinajstić information content (AvgIpc) is 3.07. The summed E-state index contributed by atoms with van der Waals surface area (Å²) >= 11 is 0. The second-order valence-electron chi connectivity index (χ2n) is 7.06. The van der Waals surface area contributed by atoms with Crippen molar-refractivity contribution in [3.8, 4) is 0 Å². The number of carbonyl (C=O) groups excluding carboxylic acids is 1. The molecule has 0 aliphatic rings. The fraction of sp³-hybridized carbons (Fsp3) is 0.238. The van der Waals surface area contributed by atoms with Crippen molar-refractivity contribution in [3.63, 3.8) is 0 Å². The Morgan fingerprint density at radius 3 is 2.48 bits per heavy atom. The summed E-state index contributed by atoms with van der Waals surface area (Å²) in [5, 5.41) is 2.80. The van der Waals surface area contributed by atoms with E-state index in [9.17, 15) is 13.2 Å². The van der Waals surface area contributed by atoms with Gasteiger partial charge in [0.1, 0.15) is 5.82 Å². The third kappa shape index (κ3) is 5.30. The molecule has 0 atom stereocenters. The van der Waals surface area contributed by atoms with Gasteiger partial charge in [-0.15, -0.1) is 0 Å². The van der Waals surface area contributed by atoms with Gasteiger partial charge in [-0.1, -0.05) is 18.2 Å². The smallest absolute Gasteiger partial charge is 0.255 e. The first kappa shape index (κ1) is 20.8. The van der Waals surface area contributed by atoms with Crippen LogP contribution in [0.15, 0.2) is 65.8 Å². The zero-order valence-corrected chi connectivity index (χ0v) is 17.4. The Hall–Kier alpha value is -2.97. The molecule has 8 heteroatoms. The Kier molecular flexibility index (Phi) is 6.14. The van der Waals surface area contributed by atoms with Gasteiger partial charge in [-0.05, 0) is 56.7 Å². The van der Waals surface area contributed by atoms with Gasteiger partial charge in [0.05, 0.1) is 4.90 Å². The number of amides is 1. The van der Waals surface area contributed by atoms with Gasteiger partial charge in [-0.25, -0.2) is 18.1 Å². The molecule has 2 aromatic carbocycles. The number of sulfonamides is 1. The topological polar surface area (TPSA) is 93.1 Å². The molecule has 0 aliphatic carbocycles. The lowest BCUT2D eigenvalue weighted by atomic mass is 10.2. The molecule has 0 unspecified atom stereocenters. The van der Waals surface area contributed by atoms with E-state index in [0.29, 0.717) is 12.2 Å². The summed E-state index contributed by atoms with van der Waals surface area (Å²) in [4.78, 5) is 16.8. The number of aromatic nitrogens is 2. The maximum absolute atomic E-state index is 12.6. The van der Waals surface area contributed by atoms with E-state index in [2.05, 4.69) is 15.0 Å². The van der Waals surface area contributed by atoms with Crippen LogP contribution in [0.3, 0.4) is 0 Å². The first-order chi connectivity index (χ1) is 13.7. The number of hydrogen-bond acceptors (Lipinski definition) is 4. The van der Waals surface area contributed by atoms with Gasteiger partial charge in [0, 0.05) is 36.2 Å². The molecule has 29 heavy (non-hydrogen) atoms. The number of aryl methyl sites for hydroxylation is 1. The summed E-state index contributed by atoms with van der Waals surface area (Å²) in [6.45, 7) is 6.13. The van der Waals surface area contributed by atoms with E-state index in [0.717, 1.165) is 11.4 Å². The van der Waals surface area contributed by atoms with Crippen LogP contribution in [0.4, 0.5) is 5.69 Å². The third-order valence-electron chi connectivity index (χ3n) is 4.29. The molecule has 0 saturated carbocycles. The maximum atomic E-state index is 12.6. The molecule has 1 amide bonds. The minimum absolute atomic E-state index is 0.0601. The van der Waals surface area contributed by atoms with Crippen LogP contribution in [0.2, 0.25) is 0 Å². The predicted octanol–water partition coefficient (Wildman–Crippen LogP) is 3.18. The van der Waals surface area contributed by atoms with Gasteiger partial charge in [0.2, 0.25) is 10.0 Å². The highest BCUT2D eigenvalue weighted by Crippen LogP contribution is 2.16. The second kappa shape index (κ2) is 8.59. The van der Waals surface area contributed by atoms with Gasteiger partial charge >= 0.3 is 0 Å². The number of rotatable bonds is 7. The van der Waals surface area contributed by atoms with Crippen molar-refractivity contribution in [3.05, 3.63) is 77.9 Å². The number of nitrogens with one attached hydrogen (secondary N) is 2. The number of imidazole rings is 1. The Bertz CT molecular complexity index is 1100. The third-order valence-corrected chi connectivity index (χ3v) is 5.94. The molecule has 1 heterocycles. The van der Waals surface area contributed by atoms with Crippen molar-refractivity contribution in [1.29, 1.82) is 0 Å². The molecule has 0 spiro atoms. The first-order valence-electron chi connectivity index (χ1n) is 9.25. The Labute approximate surface area is 170 Å². The van der Waals surface area contributed by atoms with Crippen LogP contribution in [-0.2, 0) is 16.6 Å². The lowest BCUT2D eigenvalue weighted by Gasteiger charge is -2.11. The highest BCUT2D eigenvalue weighted by atomic mass is 32.2. The van der Waals surface area contributed by atoms with Crippen molar-refractivity contribution in [1.82, 2.24) is 14.3 Å². The molecule has 0 aliphatic heterocycles. The van der Waals surface area contributed by atoms with Crippen LogP contribution in [-0.4, -0.2) is 29.9 Å². The van der Waals surface area contributed by atoms with Crippen LogP contribution in [0.5, 0.6) is 0 Å². The summed E-state index contributed by atoms with van der Waals surface area (Å²) in [5.74, 6) is 0.564. The molecule has 3 aromatic rings. The largest absolute Gasteiger partial charge is 0.331 e. The standard InChI is InChI=1S/C21H24N4O3S/c1-15(2)24-29(27,28)20-6-4-5-18(13-20)21(26)23-19-9-7-17(8-10-19)14-25-12-11-22-16(25)3/h4-13,15,24H,14H2,1-3H3,(H,23,26). The Morgan fingerprint density at radius 2 is 1.86 bits per heavy atom. The van der Waals surface area contributed by atoms with Crippen molar-refractivity contribution in [2.45, 2.75) is 38.3 Å². The summed E-state index contributed by atoms with van der Waals surface area (Å²) < 4.78 is 29.2. The van der Waals surface area contributed by atoms with Gasteiger partial charge in [0.15, 0.2) is 0 Å². The van der Waals surface area contributed by atoms with Crippen LogP contribution in [0.1, 0.15) is 35.6 Å². The molecule has 0 radical (unpaired) electrons. The summed E-state index contributed by atoms with van der Waals surface area (Å²) in [7, 11) is -3.66. The van der Waals surface area contributed by atoms with Crippen molar-refractivity contribution >= 4 is 21.6 Å². The molecular weight excluding hydrogens is 388 g/mol. The monoisotopic (exact) mass is 412 g/mol. The number of carbonyl (C=O) groups is 1. The van der Waals surface area contributed by atoms with Crippen molar-refractivity contribution < 1.29 is 13.2 Å². The molecule has 3 rings (SSSR count). The molecule has 152 valence electrons. The SMILES string of the molecule is Cc1nccn1Cc1ccc(NC(=O)c2cccc(S(=O)(=O)NC(C)C)c2)cc1. The fourth-order valence-corrected chi connectivity index (χ4v) is 4.14. The van der Waals surface area contributed by atoms with Crippen LogP contribution >= 0.6 is 0 Å². The van der Waals surface area contributed by atoms with Crippen LogP contribution in [0.25, 0.3) is 0 Å². The molecule has 7 nitrogen and oxygen atoms in total. The van der Waals surface area contributed by atoms with E-state index >= 15 is 0 Å². The quantitative estimate of drug-likeness (QED) is 0.623. The zero-order valence-electron chi connectivity index (χ0n) is 16.6. The highest BCUT2D eigenvalue weighted by molar-refractivity contribution is 7.89. The van der Waals surface area contributed by atoms with E-state index in [1.54, 1.807) is 32.2 Å². The van der Waals surface area contributed by atoms with Gasteiger partial charge in [0.25, 0.3) is 5.91 Å². The molecular formula is C21H24N4O3S.